The number of phenolic OH excluding ortho intramolecular Hbond substituents is 1. The van der Waals surface area contributed by atoms with Gasteiger partial charge in [0.25, 0.3) is 5.69 Å². The van der Waals surface area contributed by atoms with E-state index in [0.29, 0.717) is 35.2 Å². The smallest absolute Gasteiger partial charge is 0.270 e. The highest BCUT2D eigenvalue weighted by Crippen LogP contribution is 2.42. The Kier molecular flexibility index (Phi) is 6.21. The van der Waals surface area contributed by atoms with Crippen molar-refractivity contribution in [2.45, 2.75) is 19.0 Å². The Morgan fingerprint density at radius 1 is 1.12 bits per heavy atom. The van der Waals surface area contributed by atoms with Crippen LogP contribution in [-0.2, 0) is 13.0 Å². The zero-order chi connectivity index (χ0) is 22.8. The number of hydrogen-bond acceptors (Lipinski definition) is 6. The molecule has 4 rings (SSSR count). The fraction of sp³-hybridized carbons (Fsp3) is 0.250. The van der Waals surface area contributed by atoms with E-state index in [1.165, 1.54) is 18.2 Å². The number of phenols is 1. The number of methoxy groups -OCH3 is 2. The molecule has 0 bridgehead atoms. The van der Waals surface area contributed by atoms with Gasteiger partial charge in [0.15, 0.2) is 11.5 Å². The predicted molar refractivity (Wildman–Crippen MR) is 122 cm³/mol. The molecule has 1 atom stereocenters. The average Bonchev–Trinajstić information content (AvgIpc) is 2.79. The van der Waals surface area contributed by atoms with Gasteiger partial charge in [-0.05, 0) is 53.4 Å². The van der Waals surface area contributed by atoms with E-state index in [2.05, 4.69) is 4.90 Å². The minimum absolute atomic E-state index is 0.0264. The lowest BCUT2D eigenvalue weighted by Crippen LogP contribution is -2.35. The summed E-state index contributed by atoms with van der Waals surface area (Å²) in [6, 6.07) is 15.5. The summed E-state index contributed by atoms with van der Waals surface area (Å²) in [7, 11) is 3.21. The molecule has 1 N–H and O–H groups in total. The van der Waals surface area contributed by atoms with Gasteiger partial charge in [0.2, 0.25) is 0 Å². The van der Waals surface area contributed by atoms with Crippen molar-refractivity contribution in [1.82, 2.24) is 4.90 Å². The fourth-order valence-electron chi connectivity index (χ4n) is 4.27. The molecule has 1 aliphatic rings. The van der Waals surface area contributed by atoms with E-state index in [9.17, 15) is 15.2 Å². The van der Waals surface area contributed by atoms with Crippen molar-refractivity contribution in [3.63, 3.8) is 0 Å². The first-order valence-corrected chi connectivity index (χ1v) is 10.5. The molecule has 0 saturated carbocycles. The number of aromatic hydroxyl groups is 1. The first-order chi connectivity index (χ1) is 15.4. The zero-order valence-corrected chi connectivity index (χ0v) is 18.5. The molecule has 0 aliphatic carbocycles. The van der Waals surface area contributed by atoms with Gasteiger partial charge in [-0.1, -0.05) is 23.7 Å². The van der Waals surface area contributed by atoms with Crippen molar-refractivity contribution in [2.24, 2.45) is 0 Å². The molecular formula is C24H23ClN2O5. The summed E-state index contributed by atoms with van der Waals surface area (Å²) in [4.78, 5) is 13.0. The predicted octanol–water partition coefficient (Wildman–Crippen LogP) is 5.12. The molecule has 0 radical (unpaired) electrons. The van der Waals surface area contributed by atoms with Crippen LogP contribution in [0.15, 0.2) is 54.6 Å². The molecule has 1 aliphatic heterocycles. The highest BCUT2D eigenvalue weighted by atomic mass is 35.5. The standard InChI is InChI=1S/C24H23ClN2O5/c1-31-22-12-15-8-9-26(14-17-11-19(27(29)30)6-7-21(17)28)24(20(15)13-23(22)32-2)16-4-3-5-18(25)10-16/h3-7,10-13,24,28H,8-9,14H2,1-2H3/t24-/m0/s1. The summed E-state index contributed by atoms with van der Waals surface area (Å²) >= 11 is 6.31. The van der Waals surface area contributed by atoms with Crippen LogP contribution in [0.5, 0.6) is 17.2 Å². The maximum absolute atomic E-state index is 11.2. The minimum atomic E-state index is -0.458. The number of non-ortho nitro benzene ring substituents is 1. The van der Waals surface area contributed by atoms with Crippen molar-refractivity contribution < 1.29 is 19.5 Å². The lowest BCUT2D eigenvalue weighted by atomic mass is 9.87. The second-order valence-corrected chi connectivity index (χ2v) is 8.09. The van der Waals surface area contributed by atoms with Crippen LogP contribution < -0.4 is 9.47 Å². The van der Waals surface area contributed by atoms with Gasteiger partial charge in [-0.3, -0.25) is 15.0 Å². The lowest BCUT2D eigenvalue weighted by molar-refractivity contribution is -0.385. The second kappa shape index (κ2) is 9.06. The normalized spacial score (nSPS) is 15.8. The molecule has 1 heterocycles. The molecule has 3 aromatic carbocycles. The first-order valence-electron chi connectivity index (χ1n) is 10.1. The van der Waals surface area contributed by atoms with Crippen LogP contribution in [0.3, 0.4) is 0 Å². The number of halogens is 1. The third-order valence-electron chi connectivity index (χ3n) is 5.79. The topological polar surface area (TPSA) is 85.1 Å². The first kappa shape index (κ1) is 21.9. The largest absolute Gasteiger partial charge is 0.508 e. The van der Waals surface area contributed by atoms with Crippen LogP contribution in [0.1, 0.15) is 28.3 Å². The van der Waals surface area contributed by atoms with E-state index in [4.69, 9.17) is 21.1 Å². The van der Waals surface area contributed by atoms with Crippen LogP contribution >= 0.6 is 11.6 Å². The molecule has 0 aromatic heterocycles. The monoisotopic (exact) mass is 454 g/mol. The summed E-state index contributed by atoms with van der Waals surface area (Å²) in [6.45, 7) is 1.01. The number of fused-ring (bicyclic) bond motifs is 1. The quantitative estimate of drug-likeness (QED) is 0.411. The molecule has 0 amide bonds. The molecule has 0 spiro atoms. The molecule has 166 valence electrons. The van der Waals surface area contributed by atoms with Gasteiger partial charge in [0, 0.05) is 35.8 Å². The third kappa shape index (κ3) is 4.22. The highest BCUT2D eigenvalue weighted by Gasteiger charge is 2.31. The Balaban J connectivity index is 1.81. The summed E-state index contributed by atoms with van der Waals surface area (Å²) in [6.07, 6.45) is 0.752. The van der Waals surface area contributed by atoms with Crippen molar-refractivity contribution in [3.05, 3.63) is 92.0 Å². The van der Waals surface area contributed by atoms with Crippen molar-refractivity contribution in [3.8, 4) is 17.2 Å². The van der Waals surface area contributed by atoms with Gasteiger partial charge in [-0.25, -0.2) is 0 Å². The summed E-state index contributed by atoms with van der Waals surface area (Å²) in [5.41, 5.74) is 3.60. The van der Waals surface area contributed by atoms with Gasteiger partial charge in [-0.15, -0.1) is 0 Å². The van der Waals surface area contributed by atoms with Crippen LogP contribution in [-0.4, -0.2) is 35.7 Å². The number of nitro benzene ring substituents is 1. The van der Waals surface area contributed by atoms with Crippen molar-refractivity contribution in [2.75, 3.05) is 20.8 Å². The SMILES string of the molecule is COc1cc2c(cc1OC)[C@H](c1cccc(Cl)c1)N(Cc1cc([N+](=O)[O-])ccc1O)CC2. The summed E-state index contributed by atoms with van der Waals surface area (Å²) in [5, 5.41) is 22.3. The van der Waals surface area contributed by atoms with Crippen LogP contribution in [0, 0.1) is 10.1 Å². The lowest BCUT2D eigenvalue weighted by Gasteiger charge is -2.38. The Bertz CT molecular complexity index is 1170. The van der Waals surface area contributed by atoms with Gasteiger partial charge < -0.3 is 14.6 Å². The molecule has 7 nitrogen and oxygen atoms in total. The van der Waals surface area contributed by atoms with Crippen LogP contribution in [0.25, 0.3) is 0 Å². The van der Waals surface area contributed by atoms with Crippen LogP contribution in [0.2, 0.25) is 5.02 Å². The highest BCUT2D eigenvalue weighted by molar-refractivity contribution is 6.30. The third-order valence-corrected chi connectivity index (χ3v) is 6.02. The van der Waals surface area contributed by atoms with Crippen molar-refractivity contribution in [1.29, 1.82) is 0 Å². The van der Waals surface area contributed by atoms with E-state index < -0.39 is 4.92 Å². The van der Waals surface area contributed by atoms with Gasteiger partial charge in [-0.2, -0.15) is 0 Å². The molecule has 0 unspecified atom stereocenters. The minimum Gasteiger partial charge on any atom is -0.508 e. The molecule has 0 fully saturated rings. The van der Waals surface area contributed by atoms with Crippen LogP contribution in [0.4, 0.5) is 5.69 Å². The number of nitro groups is 1. The maximum atomic E-state index is 11.2. The summed E-state index contributed by atoms with van der Waals surface area (Å²) < 4.78 is 11.0. The number of hydrogen-bond donors (Lipinski definition) is 1. The van der Waals surface area contributed by atoms with Gasteiger partial charge >= 0.3 is 0 Å². The number of benzene rings is 3. The second-order valence-electron chi connectivity index (χ2n) is 7.65. The summed E-state index contributed by atoms with van der Waals surface area (Å²) in [5.74, 6) is 1.32. The Labute approximate surface area is 190 Å². The van der Waals surface area contributed by atoms with E-state index in [1.807, 2.05) is 36.4 Å². The molecular weight excluding hydrogens is 432 g/mol. The Morgan fingerprint density at radius 3 is 2.56 bits per heavy atom. The molecule has 32 heavy (non-hydrogen) atoms. The number of ether oxygens (including phenoxy) is 2. The van der Waals surface area contributed by atoms with E-state index in [1.54, 1.807) is 14.2 Å². The maximum Gasteiger partial charge on any atom is 0.270 e. The Morgan fingerprint density at radius 2 is 1.88 bits per heavy atom. The average molecular weight is 455 g/mol. The molecule has 3 aromatic rings. The van der Waals surface area contributed by atoms with Crippen molar-refractivity contribution >= 4 is 17.3 Å². The van der Waals surface area contributed by atoms with E-state index in [-0.39, 0.29) is 17.5 Å². The number of rotatable bonds is 6. The van der Waals surface area contributed by atoms with E-state index >= 15 is 0 Å². The zero-order valence-electron chi connectivity index (χ0n) is 17.7. The fourth-order valence-corrected chi connectivity index (χ4v) is 4.46. The molecule has 0 saturated heterocycles. The Hall–Kier alpha value is -3.29. The number of nitrogens with zero attached hydrogens (tertiary/aromatic N) is 2. The van der Waals surface area contributed by atoms with E-state index in [0.717, 1.165) is 23.1 Å². The van der Waals surface area contributed by atoms with Gasteiger partial charge in [0.1, 0.15) is 5.75 Å². The molecule has 8 heteroatoms. The van der Waals surface area contributed by atoms with Gasteiger partial charge in [0.05, 0.1) is 25.2 Å².